The Morgan fingerprint density at radius 3 is 2.64 bits per heavy atom. The minimum absolute atomic E-state index is 0.143. The highest BCUT2D eigenvalue weighted by molar-refractivity contribution is 5.90. The van der Waals surface area contributed by atoms with Crippen molar-refractivity contribution in [2.45, 2.75) is 12.2 Å². The first-order valence-corrected chi connectivity index (χ1v) is 10.2. The number of anilines is 2. The molecule has 3 N–H and O–H groups in total. The van der Waals surface area contributed by atoms with Crippen LogP contribution in [0.1, 0.15) is 0 Å². The minimum Gasteiger partial charge on any atom is -0.441 e. The van der Waals surface area contributed by atoms with Crippen LogP contribution in [0.4, 0.5) is 20.7 Å². The van der Waals surface area contributed by atoms with Gasteiger partial charge in [-0.05, 0) is 30.3 Å². The van der Waals surface area contributed by atoms with Gasteiger partial charge in [0.15, 0.2) is 6.10 Å². The molecular formula is C21H22FN5O6. The average molecular weight is 459 g/mol. The van der Waals surface area contributed by atoms with Gasteiger partial charge in [-0.3, -0.25) is 9.69 Å². The summed E-state index contributed by atoms with van der Waals surface area (Å²) in [5.74, 6) is -0.702. The minimum atomic E-state index is -1.51. The average Bonchev–Trinajstić information content (AvgIpc) is 3.24. The maximum Gasteiger partial charge on any atom is 0.414 e. The second-order valence-corrected chi connectivity index (χ2v) is 7.45. The van der Waals surface area contributed by atoms with E-state index in [1.165, 1.54) is 23.5 Å². The highest BCUT2D eigenvalue weighted by Crippen LogP contribution is 2.29. The van der Waals surface area contributed by atoms with Gasteiger partial charge in [0.1, 0.15) is 24.1 Å². The lowest BCUT2D eigenvalue weighted by atomic mass is 10.1. The molecular weight excluding hydrogens is 437 g/mol. The first-order chi connectivity index (χ1) is 15.9. The maximum absolute atomic E-state index is 14.8. The predicted molar refractivity (Wildman–Crippen MR) is 115 cm³/mol. The van der Waals surface area contributed by atoms with Crippen LogP contribution in [0.5, 0.6) is 0 Å². The summed E-state index contributed by atoms with van der Waals surface area (Å²) in [6.07, 6.45) is 0.0964. The van der Waals surface area contributed by atoms with E-state index in [9.17, 15) is 19.1 Å². The molecule has 1 aromatic heterocycles. The van der Waals surface area contributed by atoms with Crippen LogP contribution in [0.25, 0.3) is 11.1 Å². The number of ether oxygens (including phenoxy) is 1. The molecule has 0 aliphatic carbocycles. The number of aromatic nitrogens is 1. The molecule has 2 amide bonds. The van der Waals surface area contributed by atoms with Gasteiger partial charge in [0, 0.05) is 23.9 Å². The number of hydrogen-bond donors (Lipinski definition) is 3. The summed E-state index contributed by atoms with van der Waals surface area (Å²) in [5, 5.41) is 32.5. The number of amides is 2. The molecule has 12 heteroatoms. The van der Waals surface area contributed by atoms with E-state index in [1.807, 2.05) is 0 Å². The topological polar surface area (TPSA) is 139 Å². The van der Waals surface area contributed by atoms with E-state index >= 15 is 0 Å². The Bertz CT molecular complexity index is 1070. The molecule has 11 nitrogen and oxygen atoms in total. The third kappa shape index (κ3) is 4.62. The van der Waals surface area contributed by atoms with Gasteiger partial charge in [-0.2, -0.15) is 5.10 Å². The van der Waals surface area contributed by atoms with Crippen molar-refractivity contribution in [3.8, 4) is 11.1 Å². The molecule has 1 fully saturated rings. The van der Waals surface area contributed by atoms with Crippen LogP contribution >= 0.6 is 0 Å². The van der Waals surface area contributed by atoms with E-state index in [0.717, 1.165) is 5.01 Å². The normalized spacial score (nSPS) is 19.1. The van der Waals surface area contributed by atoms with Crippen LogP contribution in [0.15, 0.2) is 41.6 Å². The Balaban J connectivity index is 1.46. The van der Waals surface area contributed by atoms with E-state index in [2.05, 4.69) is 10.1 Å². The number of pyridine rings is 1. The molecule has 3 heterocycles. The van der Waals surface area contributed by atoms with Gasteiger partial charge in [-0.15, -0.1) is 0 Å². The van der Waals surface area contributed by atoms with Gasteiger partial charge in [-0.25, -0.2) is 19.2 Å². The van der Waals surface area contributed by atoms with Crippen LogP contribution in [0.3, 0.4) is 0 Å². The summed E-state index contributed by atoms with van der Waals surface area (Å²) < 4.78 is 19.8. The van der Waals surface area contributed by atoms with Crippen LogP contribution in [0, 0.1) is 5.82 Å². The Kier molecular flexibility index (Phi) is 6.49. The Morgan fingerprint density at radius 1 is 1.24 bits per heavy atom. The quantitative estimate of drug-likeness (QED) is 0.555. The fourth-order valence-electron chi connectivity index (χ4n) is 3.48. The zero-order chi connectivity index (χ0) is 23.5. The zero-order valence-electron chi connectivity index (χ0n) is 17.4. The van der Waals surface area contributed by atoms with E-state index in [4.69, 9.17) is 14.9 Å². The van der Waals surface area contributed by atoms with Crippen molar-refractivity contribution in [3.63, 3.8) is 0 Å². The SMILES string of the molecule is O=C(C(O)CO)N1CCN(c2ccc(-c3ccc(N4C[C@H](CO)OC4=O)cc3F)cn2)C=N1. The second-order valence-electron chi connectivity index (χ2n) is 7.45. The number of halogens is 1. The molecule has 2 aliphatic heterocycles. The summed E-state index contributed by atoms with van der Waals surface area (Å²) in [6, 6.07) is 7.73. The number of aliphatic hydroxyl groups is 3. The number of aliphatic hydroxyl groups excluding tert-OH is 3. The van der Waals surface area contributed by atoms with Crippen LogP contribution in [-0.4, -0.2) is 88.7 Å². The van der Waals surface area contributed by atoms with E-state index < -0.39 is 36.6 Å². The summed E-state index contributed by atoms with van der Waals surface area (Å²) in [6.45, 7) is -0.281. The summed E-state index contributed by atoms with van der Waals surface area (Å²) in [5.41, 5.74) is 1.15. The van der Waals surface area contributed by atoms with Crippen molar-refractivity contribution in [1.29, 1.82) is 0 Å². The number of cyclic esters (lactones) is 1. The van der Waals surface area contributed by atoms with Crippen LogP contribution < -0.4 is 9.80 Å². The number of hydrogen-bond acceptors (Lipinski definition) is 9. The van der Waals surface area contributed by atoms with Gasteiger partial charge >= 0.3 is 6.09 Å². The first kappa shape index (κ1) is 22.6. The highest BCUT2D eigenvalue weighted by Gasteiger charge is 2.32. The predicted octanol–water partition coefficient (Wildman–Crippen LogP) is 0.150. The molecule has 2 atom stereocenters. The fraction of sp³-hybridized carbons (Fsp3) is 0.333. The van der Waals surface area contributed by atoms with Crippen LogP contribution in [0.2, 0.25) is 0 Å². The van der Waals surface area contributed by atoms with Crippen molar-refractivity contribution in [3.05, 3.63) is 42.3 Å². The Hall–Kier alpha value is -3.61. The number of rotatable bonds is 6. The van der Waals surface area contributed by atoms with Crippen LogP contribution in [-0.2, 0) is 9.53 Å². The molecule has 1 unspecified atom stereocenters. The molecule has 2 aromatic rings. The molecule has 1 aromatic carbocycles. The number of hydrazone groups is 1. The molecule has 2 aliphatic rings. The number of carbonyl (C=O) groups is 2. The van der Waals surface area contributed by atoms with Crippen molar-refractivity contribution >= 4 is 29.8 Å². The van der Waals surface area contributed by atoms with Gasteiger partial charge in [0.05, 0.1) is 32.0 Å². The number of benzene rings is 1. The van der Waals surface area contributed by atoms with E-state index in [-0.39, 0.29) is 19.7 Å². The Morgan fingerprint density at radius 2 is 2.06 bits per heavy atom. The van der Waals surface area contributed by atoms with E-state index in [0.29, 0.717) is 29.2 Å². The van der Waals surface area contributed by atoms with Gasteiger partial charge in [0.2, 0.25) is 0 Å². The van der Waals surface area contributed by atoms with Crippen molar-refractivity contribution in [2.75, 3.05) is 42.6 Å². The van der Waals surface area contributed by atoms with Crippen molar-refractivity contribution in [1.82, 2.24) is 9.99 Å². The molecule has 0 bridgehead atoms. The maximum atomic E-state index is 14.8. The summed E-state index contributed by atoms with van der Waals surface area (Å²) >= 11 is 0. The van der Waals surface area contributed by atoms with Crippen molar-refractivity contribution < 1.29 is 34.0 Å². The zero-order valence-corrected chi connectivity index (χ0v) is 17.4. The molecule has 1 saturated heterocycles. The number of nitrogens with zero attached hydrogens (tertiary/aromatic N) is 5. The third-order valence-corrected chi connectivity index (χ3v) is 5.29. The number of carbonyl (C=O) groups excluding carboxylic acids is 2. The van der Waals surface area contributed by atoms with Gasteiger partial charge in [0.25, 0.3) is 5.91 Å². The highest BCUT2D eigenvalue weighted by atomic mass is 19.1. The molecule has 33 heavy (non-hydrogen) atoms. The lowest BCUT2D eigenvalue weighted by Gasteiger charge is -2.28. The smallest absolute Gasteiger partial charge is 0.414 e. The molecule has 0 radical (unpaired) electrons. The van der Waals surface area contributed by atoms with Crippen molar-refractivity contribution in [2.24, 2.45) is 5.10 Å². The first-order valence-electron chi connectivity index (χ1n) is 10.2. The fourth-order valence-corrected chi connectivity index (χ4v) is 3.48. The summed E-state index contributed by atoms with van der Waals surface area (Å²) in [4.78, 5) is 31.0. The monoisotopic (exact) mass is 459 g/mol. The summed E-state index contributed by atoms with van der Waals surface area (Å²) in [7, 11) is 0. The third-order valence-electron chi connectivity index (χ3n) is 5.29. The van der Waals surface area contributed by atoms with Gasteiger partial charge in [-0.1, -0.05) is 0 Å². The lowest BCUT2D eigenvalue weighted by Crippen LogP contribution is -2.45. The molecule has 0 spiro atoms. The standard InChI is InChI=1S/C21H22FN5O6/c22-17-7-14(26-9-15(10-28)33-21(26)32)2-3-16(17)13-1-4-19(23-8-13)25-5-6-27(24-12-25)20(31)18(30)11-29/h1-4,7-8,12,15,18,28-30H,5-6,9-11H2/t15-,18?/m1/s1. The lowest BCUT2D eigenvalue weighted by molar-refractivity contribution is -0.142. The Labute approximate surface area is 187 Å². The molecule has 0 saturated carbocycles. The van der Waals surface area contributed by atoms with Gasteiger partial charge < -0.3 is 25.0 Å². The molecule has 174 valence electrons. The van der Waals surface area contributed by atoms with E-state index in [1.54, 1.807) is 29.2 Å². The molecule has 4 rings (SSSR count). The largest absolute Gasteiger partial charge is 0.441 e. The second kappa shape index (κ2) is 9.48.